The summed E-state index contributed by atoms with van der Waals surface area (Å²) in [4.78, 5) is 7.49. The average molecular weight is 167 g/mol. The molecule has 1 aromatic rings. The molecule has 3 N–H and O–H groups in total. The van der Waals surface area contributed by atoms with Gasteiger partial charge in [-0.05, 0) is 13.3 Å². The topological polar surface area (TPSA) is 54.7 Å². The minimum atomic E-state index is 0.186. The molecule has 3 nitrogen and oxygen atoms in total. The third-order valence-electron chi connectivity index (χ3n) is 1.72. The monoisotopic (exact) mass is 167 g/mol. The van der Waals surface area contributed by atoms with Gasteiger partial charge in [0.05, 0.1) is 0 Å². The fraction of sp³-hybridized carbons (Fsp3) is 0.667. The summed E-state index contributed by atoms with van der Waals surface area (Å²) in [5.41, 5.74) is 6.86. The molecule has 0 aromatic carbocycles. The Kier molecular flexibility index (Phi) is 3.29. The molecule has 3 heteroatoms. The number of rotatable bonds is 4. The highest BCUT2D eigenvalue weighted by Crippen LogP contribution is 2.01. The molecular weight excluding hydrogens is 150 g/mol. The second-order valence-corrected chi connectivity index (χ2v) is 3.29. The van der Waals surface area contributed by atoms with Crippen LogP contribution in [0.4, 0.5) is 0 Å². The number of nitrogens with two attached hydrogens (primary N) is 1. The SMILES string of the molecule is CCCc1cnc(CC(C)N)[nH]1. The predicted molar refractivity (Wildman–Crippen MR) is 49.9 cm³/mol. The van der Waals surface area contributed by atoms with Gasteiger partial charge in [0.25, 0.3) is 0 Å². The van der Waals surface area contributed by atoms with Crippen LogP contribution in [-0.2, 0) is 12.8 Å². The number of hydrogen-bond donors (Lipinski definition) is 2. The van der Waals surface area contributed by atoms with Crippen molar-refractivity contribution in [3.05, 3.63) is 17.7 Å². The van der Waals surface area contributed by atoms with E-state index in [1.54, 1.807) is 0 Å². The maximum atomic E-state index is 5.65. The maximum absolute atomic E-state index is 5.65. The van der Waals surface area contributed by atoms with E-state index >= 15 is 0 Å². The van der Waals surface area contributed by atoms with E-state index in [0.717, 1.165) is 25.1 Å². The van der Waals surface area contributed by atoms with E-state index < -0.39 is 0 Å². The first kappa shape index (κ1) is 9.26. The Morgan fingerprint density at radius 1 is 1.67 bits per heavy atom. The Balaban J connectivity index is 2.52. The summed E-state index contributed by atoms with van der Waals surface area (Å²) >= 11 is 0. The van der Waals surface area contributed by atoms with Crippen molar-refractivity contribution in [1.82, 2.24) is 9.97 Å². The smallest absolute Gasteiger partial charge is 0.107 e. The van der Waals surface area contributed by atoms with Gasteiger partial charge in [0.1, 0.15) is 5.82 Å². The molecule has 0 radical (unpaired) electrons. The normalized spacial score (nSPS) is 13.2. The zero-order valence-corrected chi connectivity index (χ0v) is 7.80. The largest absolute Gasteiger partial charge is 0.346 e. The zero-order chi connectivity index (χ0) is 8.97. The van der Waals surface area contributed by atoms with Crippen molar-refractivity contribution in [3.63, 3.8) is 0 Å². The van der Waals surface area contributed by atoms with Crippen LogP contribution in [0.15, 0.2) is 6.20 Å². The number of hydrogen-bond acceptors (Lipinski definition) is 2. The van der Waals surface area contributed by atoms with E-state index in [1.807, 2.05) is 13.1 Å². The fourth-order valence-electron chi connectivity index (χ4n) is 1.21. The van der Waals surface area contributed by atoms with Crippen molar-refractivity contribution in [2.45, 2.75) is 39.2 Å². The number of aromatic nitrogens is 2. The fourth-order valence-corrected chi connectivity index (χ4v) is 1.21. The number of imidazole rings is 1. The van der Waals surface area contributed by atoms with Crippen molar-refractivity contribution >= 4 is 0 Å². The Morgan fingerprint density at radius 2 is 2.42 bits per heavy atom. The van der Waals surface area contributed by atoms with Crippen LogP contribution < -0.4 is 5.73 Å². The third kappa shape index (κ3) is 2.66. The van der Waals surface area contributed by atoms with Crippen LogP contribution in [-0.4, -0.2) is 16.0 Å². The van der Waals surface area contributed by atoms with Gasteiger partial charge in [0, 0.05) is 24.4 Å². The van der Waals surface area contributed by atoms with Gasteiger partial charge >= 0.3 is 0 Å². The van der Waals surface area contributed by atoms with Crippen LogP contribution in [0.3, 0.4) is 0 Å². The molecule has 1 heterocycles. The summed E-state index contributed by atoms with van der Waals surface area (Å²) in [6.45, 7) is 4.15. The summed E-state index contributed by atoms with van der Waals surface area (Å²) in [5.74, 6) is 1.01. The molecule has 0 saturated carbocycles. The lowest BCUT2D eigenvalue weighted by Crippen LogP contribution is -2.18. The second kappa shape index (κ2) is 4.26. The molecule has 0 aliphatic heterocycles. The predicted octanol–water partition coefficient (Wildman–Crippen LogP) is 1.25. The van der Waals surface area contributed by atoms with Crippen molar-refractivity contribution in [1.29, 1.82) is 0 Å². The standard InChI is InChI=1S/C9H17N3/c1-3-4-8-6-11-9(12-8)5-7(2)10/h6-7H,3-5,10H2,1-2H3,(H,11,12). The van der Waals surface area contributed by atoms with E-state index in [0.29, 0.717) is 0 Å². The first-order valence-corrected chi connectivity index (χ1v) is 4.50. The second-order valence-electron chi connectivity index (χ2n) is 3.29. The summed E-state index contributed by atoms with van der Waals surface area (Å²) in [5, 5.41) is 0. The van der Waals surface area contributed by atoms with Crippen molar-refractivity contribution in [3.8, 4) is 0 Å². The highest BCUT2D eigenvalue weighted by atomic mass is 14.9. The van der Waals surface area contributed by atoms with E-state index in [1.165, 1.54) is 5.69 Å². The van der Waals surface area contributed by atoms with Crippen LogP contribution in [0.2, 0.25) is 0 Å². The van der Waals surface area contributed by atoms with Gasteiger partial charge < -0.3 is 10.7 Å². The Bertz CT molecular complexity index is 227. The molecule has 68 valence electrons. The van der Waals surface area contributed by atoms with E-state index in [9.17, 15) is 0 Å². The van der Waals surface area contributed by atoms with E-state index in [2.05, 4.69) is 16.9 Å². The lowest BCUT2D eigenvalue weighted by atomic mass is 10.2. The zero-order valence-electron chi connectivity index (χ0n) is 7.80. The van der Waals surface area contributed by atoms with E-state index in [4.69, 9.17) is 5.73 Å². The number of H-pyrrole nitrogens is 1. The highest BCUT2D eigenvalue weighted by molar-refractivity contribution is 5.02. The van der Waals surface area contributed by atoms with Crippen LogP contribution in [0.5, 0.6) is 0 Å². The van der Waals surface area contributed by atoms with Crippen molar-refractivity contribution in [2.24, 2.45) is 5.73 Å². The summed E-state index contributed by atoms with van der Waals surface area (Å²) in [6.07, 6.45) is 4.97. The molecule has 0 bridgehead atoms. The Labute approximate surface area is 73.4 Å². The average Bonchev–Trinajstić information content (AvgIpc) is 2.36. The third-order valence-corrected chi connectivity index (χ3v) is 1.72. The van der Waals surface area contributed by atoms with Crippen LogP contribution in [0.1, 0.15) is 31.8 Å². The van der Waals surface area contributed by atoms with E-state index in [-0.39, 0.29) is 6.04 Å². The highest BCUT2D eigenvalue weighted by Gasteiger charge is 2.01. The van der Waals surface area contributed by atoms with Gasteiger partial charge in [-0.2, -0.15) is 0 Å². The molecule has 1 atom stereocenters. The molecule has 1 rings (SSSR count). The summed E-state index contributed by atoms with van der Waals surface area (Å²) in [7, 11) is 0. The van der Waals surface area contributed by atoms with Crippen LogP contribution in [0, 0.1) is 0 Å². The molecule has 0 spiro atoms. The van der Waals surface area contributed by atoms with Gasteiger partial charge in [-0.15, -0.1) is 0 Å². The molecule has 0 amide bonds. The molecule has 0 fully saturated rings. The van der Waals surface area contributed by atoms with Crippen molar-refractivity contribution < 1.29 is 0 Å². The van der Waals surface area contributed by atoms with Crippen molar-refractivity contribution in [2.75, 3.05) is 0 Å². The number of aryl methyl sites for hydroxylation is 1. The summed E-state index contributed by atoms with van der Waals surface area (Å²) in [6, 6.07) is 0.186. The minimum Gasteiger partial charge on any atom is -0.346 e. The molecule has 0 aliphatic rings. The van der Waals surface area contributed by atoms with Crippen LogP contribution >= 0.6 is 0 Å². The Morgan fingerprint density at radius 3 is 3.00 bits per heavy atom. The maximum Gasteiger partial charge on any atom is 0.107 e. The first-order chi connectivity index (χ1) is 5.72. The molecule has 1 unspecified atom stereocenters. The molecule has 0 saturated heterocycles. The number of nitrogens with zero attached hydrogens (tertiary/aromatic N) is 1. The lowest BCUT2D eigenvalue weighted by Gasteiger charge is -1.99. The van der Waals surface area contributed by atoms with Gasteiger partial charge in [0.2, 0.25) is 0 Å². The number of nitrogens with one attached hydrogen (secondary N) is 1. The summed E-state index contributed by atoms with van der Waals surface area (Å²) < 4.78 is 0. The minimum absolute atomic E-state index is 0.186. The molecular formula is C9H17N3. The Hall–Kier alpha value is -0.830. The van der Waals surface area contributed by atoms with Gasteiger partial charge in [-0.25, -0.2) is 4.98 Å². The van der Waals surface area contributed by atoms with Gasteiger partial charge in [0.15, 0.2) is 0 Å². The van der Waals surface area contributed by atoms with Gasteiger partial charge in [-0.3, -0.25) is 0 Å². The first-order valence-electron chi connectivity index (χ1n) is 4.50. The molecule has 12 heavy (non-hydrogen) atoms. The molecule has 0 aliphatic carbocycles. The quantitative estimate of drug-likeness (QED) is 0.709. The van der Waals surface area contributed by atoms with Gasteiger partial charge in [-0.1, -0.05) is 13.3 Å². The van der Waals surface area contributed by atoms with Crippen LogP contribution in [0.25, 0.3) is 0 Å². The lowest BCUT2D eigenvalue weighted by molar-refractivity contribution is 0.707. The molecule has 1 aromatic heterocycles. The number of aromatic amines is 1.